The second kappa shape index (κ2) is 5.45. The molecule has 0 aromatic rings. The van der Waals surface area contributed by atoms with Gasteiger partial charge in [-0.1, -0.05) is 20.3 Å². The molecule has 1 unspecified atom stereocenters. The molecule has 0 spiro atoms. The van der Waals surface area contributed by atoms with Crippen LogP contribution in [-0.2, 0) is 0 Å². The number of aliphatic hydroxyl groups is 1. The molecule has 0 aliphatic heterocycles. The number of hydrogen-bond donors (Lipinski definition) is 1. The van der Waals surface area contributed by atoms with E-state index in [1.54, 1.807) is 0 Å². The van der Waals surface area contributed by atoms with E-state index in [4.69, 9.17) is 0 Å². The van der Waals surface area contributed by atoms with E-state index in [-0.39, 0.29) is 23.4 Å². The predicted octanol–water partition coefficient (Wildman–Crippen LogP) is 2.09. The lowest BCUT2D eigenvalue weighted by Crippen LogP contribution is -2.40. The van der Waals surface area contributed by atoms with Gasteiger partial charge < -0.3 is 5.11 Å². The van der Waals surface area contributed by atoms with Crippen molar-refractivity contribution in [2.24, 2.45) is 17.8 Å². The zero-order valence-electron chi connectivity index (χ0n) is 9.56. The summed E-state index contributed by atoms with van der Waals surface area (Å²) in [4.78, 5) is 10.8. The van der Waals surface area contributed by atoms with Gasteiger partial charge in [0, 0.05) is 23.9 Å². The number of aliphatic hydroxyl groups excluding tert-OH is 1. The van der Waals surface area contributed by atoms with Crippen molar-refractivity contribution in [1.29, 1.82) is 0 Å². The summed E-state index contributed by atoms with van der Waals surface area (Å²) in [5.74, 6) is 0.472. The summed E-state index contributed by atoms with van der Waals surface area (Å²) in [6, 6.07) is -0.432. The Hall–Kier alpha value is -0.640. The molecule has 0 bridgehead atoms. The minimum atomic E-state index is -0.432. The maximum Gasteiger partial charge on any atom is 0.216 e. The van der Waals surface area contributed by atoms with Gasteiger partial charge in [0.25, 0.3) is 0 Å². The van der Waals surface area contributed by atoms with Crippen molar-refractivity contribution in [3.8, 4) is 0 Å². The average molecular weight is 215 g/mol. The van der Waals surface area contributed by atoms with Crippen LogP contribution in [0, 0.1) is 27.9 Å². The van der Waals surface area contributed by atoms with Gasteiger partial charge in [-0.25, -0.2) is 0 Å². The maximum absolute atomic E-state index is 10.9. The Bertz CT molecular complexity index is 218. The number of nitro groups is 1. The van der Waals surface area contributed by atoms with Crippen LogP contribution in [0.5, 0.6) is 0 Å². The van der Waals surface area contributed by atoms with E-state index in [9.17, 15) is 15.2 Å². The normalized spacial score (nSPS) is 29.1. The lowest BCUT2D eigenvalue weighted by Gasteiger charge is -2.33. The predicted molar refractivity (Wildman–Crippen MR) is 58.2 cm³/mol. The van der Waals surface area contributed by atoms with E-state index in [0.717, 1.165) is 19.3 Å². The molecule has 1 fully saturated rings. The van der Waals surface area contributed by atoms with Gasteiger partial charge in [-0.05, 0) is 24.7 Å². The van der Waals surface area contributed by atoms with E-state index in [0.29, 0.717) is 12.3 Å². The molecule has 15 heavy (non-hydrogen) atoms. The number of nitrogens with zero attached hydrogens (tertiary/aromatic N) is 1. The van der Waals surface area contributed by atoms with Gasteiger partial charge in [0.2, 0.25) is 6.04 Å². The van der Waals surface area contributed by atoms with Gasteiger partial charge in [0.05, 0.1) is 0 Å². The molecule has 0 radical (unpaired) electrons. The highest BCUT2D eigenvalue weighted by atomic mass is 16.6. The SMILES string of the molecule is CC(C)C(CO)[C@@H]1CCCC[C@@H]1[N+](=O)[O-]. The summed E-state index contributed by atoms with van der Waals surface area (Å²) in [6.45, 7) is 4.14. The molecule has 0 amide bonds. The van der Waals surface area contributed by atoms with Crippen LogP contribution < -0.4 is 0 Å². The molecule has 4 heteroatoms. The first-order valence-electron chi connectivity index (χ1n) is 5.82. The van der Waals surface area contributed by atoms with Crippen molar-refractivity contribution in [3.05, 3.63) is 10.1 Å². The Kier molecular flexibility index (Phi) is 4.51. The minimum absolute atomic E-state index is 0.0683. The van der Waals surface area contributed by atoms with Crippen LogP contribution in [0.1, 0.15) is 39.5 Å². The van der Waals surface area contributed by atoms with Crippen molar-refractivity contribution >= 4 is 0 Å². The third-order valence-corrected chi connectivity index (χ3v) is 3.67. The largest absolute Gasteiger partial charge is 0.396 e. The van der Waals surface area contributed by atoms with Gasteiger partial charge in [0.1, 0.15) is 0 Å². The first kappa shape index (κ1) is 12.4. The van der Waals surface area contributed by atoms with E-state index in [1.165, 1.54) is 0 Å². The highest BCUT2D eigenvalue weighted by Crippen LogP contribution is 2.35. The van der Waals surface area contributed by atoms with Crippen molar-refractivity contribution in [1.82, 2.24) is 0 Å². The van der Waals surface area contributed by atoms with Crippen molar-refractivity contribution in [2.75, 3.05) is 6.61 Å². The molecule has 1 aliphatic rings. The minimum Gasteiger partial charge on any atom is -0.396 e. The van der Waals surface area contributed by atoms with Gasteiger partial charge in [-0.15, -0.1) is 0 Å². The third-order valence-electron chi connectivity index (χ3n) is 3.67. The van der Waals surface area contributed by atoms with Crippen LogP contribution in [-0.4, -0.2) is 22.7 Å². The van der Waals surface area contributed by atoms with Crippen LogP contribution in [0.3, 0.4) is 0 Å². The molecule has 1 aliphatic carbocycles. The second-order valence-corrected chi connectivity index (χ2v) is 4.89. The summed E-state index contributed by atoms with van der Waals surface area (Å²) >= 11 is 0. The molecule has 1 rings (SSSR count). The van der Waals surface area contributed by atoms with E-state index in [1.807, 2.05) is 13.8 Å². The zero-order valence-corrected chi connectivity index (χ0v) is 9.56. The van der Waals surface area contributed by atoms with Crippen LogP contribution in [0.4, 0.5) is 0 Å². The first-order chi connectivity index (χ1) is 7.07. The van der Waals surface area contributed by atoms with Crippen molar-refractivity contribution < 1.29 is 10.0 Å². The highest BCUT2D eigenvalue weighted by molar-refractivity contribution is 4.82. The fraction of sp³-hybridized carbons (Fsp3) is 1.00. The Labute approximate surface area is 90.8 Å². The lowest BCUT2D eigenvalue weighted by molar-refractivity contribution is -0.538. The Morgan fingerprint density at radius 2 is 2.00 bits per heavy atom. The summed E-state index contributed by atoms with van der Waals surface area (Å²) < 4.78 is 0. The molecule has 3 atom stereocenters. The molecule has 0 aromatic heterocycles. The fourth-order valence-electron chi connectivity index (χ4n) is 2.74. The summed E-state index contributed by atoms with van der Waals surface area (Å²) in [5.41, 5.74) is 0. The van der Waals surface area contributed by atoms with Gasteiger partial charge in [-0.3, -0.25) is 10.1 Å². The average Bonchev–Trinajstić information content (AvgIpc) is 2.18. The van der Waals surface area contributed by atoms with Gasteiger partial charge >= 0.3 is 0 Å². The monoisotopic (exact) mass is 215 g/mol. The smallest absolute Gasteiger partial charge is 0.216 e. The topological polar surface area (TPSA) is 63.4 Å². The van der Waals surface area contributed by atoms with Crippen molar-refractivity contribution in [2.45, 2.75) is 45.6 Å². The summed E-state index contributed by atoms with van der Waals surface area (Å²) in [5, 5.41) is 20.3. The number of rotatable bonds is 4. The molecule has 88 valence electrons. The number of hydrogen-bond acceptors (Lipinski definition) is 3. The van der Waals surface area contributed by atoms with Crippen molar-refractivity contribution in [3.63, 3.8) is 0 Å². The highest BCUT2D eigenvalue weighted by Gasteiger charge is 2.39. The summed E-state index contributed by atoms with van der Waals surface area (Å²) in [6.07, 6.45) is 3.60. The van der Waals surface area contributed by atoms with Crippen LogP contribution in [0.15, 0.2) is 0 Å². The molecular weight excluding hydrogens is 194 g/mol. The van der Waals surface area contributed by atoms with Gasteiger partial charge in [-0.2, -0.15) is 0 Å². The van der Waals surface area contributed by atoms with E-state index < -0.39 is 6.04 Å². The van der Waals surface area contributed by atoms with Crippen LogP contribution in [0.25, 0.3) is 0 Å². The Balaban J connectivity index is 2.73. The summed E-state index contributed by atoms with van der Waals surface area (Å²) in [7, 11) is 0. The molecular formula is C11H21NO3. The molecule has 4 nitrogen and oxygen atoms in total. The molecule has 0 heterocycles. The first-order valence-corrected chi connectivity index (χ1v) is 5.82. The Morgan fingerprint density at radius 1 is 1.40 bits per heavy atom. The molecule has 0 saturated heterocycles. The van der Waals surface area contributed by atoms with Crippen LogP contribution in [0.2, 0.25) is 0 Å². The molecule has 1 N–H and O–H groups in total. The maximum atomic E-state index is 10.9. The standard InChI is InChI=1S/C11H21NO3/c1-8(2)10(7-13)9-5-3-4-6-11(9)12(14)15/h8-11,13H,3-7H2,1-2H3/t9-,10?,11-/m0/s1. The second-order valence-electron chi connectivity index (χ2n) is 4.89. The molecule has 0 aromatic carbocycles. The zero-order chi connectivity index (χ0) is 11.4. The van der Waals surface area contributed by atoms with E-state index in [2.05, 4.69) is 0 Å². The quantitative estimate of drug-likeness (QED) is 0.577. The Morgan fingerprint density at radius 3 is 2.47 bits per heavy atom. The lowest BCUT2D eigenvalue weighted by atomic mass is 9.73. The fourth-order valence-corrected chi connectivity index (χ4v) is 2.74. The van der Waals surface area contributed by atoms with Gasteiger partial charge in [0.15, 0.2) is 0 Å². The third kappa shape index (κ3) is 2.91. The molecule has 1 saturated carbocycles. The van der Waals surface area contributed by atoms with Crippen LogP contribution >= 0.6 is 0 Å². The van der Waals surface area contributed by atoms with E-state index >= 15 is 0 Å².